The minimum atomic E-state index is -0.881. The van der Waals surface area contributed by atoms with Crippen LogP contribution in [0, 0.1) is 30.7 Å². The van der Waals surface area contributed by atoms with Crippen LogP contribution in [-0.4, -0.2) is 34.3 Å². The Morgan fingerprint density at radius 2 is 1.68 bits per heavy atom. The molecule has 3 aromatic rings. The fourth-order valence-electron chi connectivity index (χ4n) is 3.74. The highest BCUT2D eigenvalue weighted by molar-refractivity contribution is 14.1. The Morgan fingerprint density at radius 3 is 2.30 bits per heavy atom. The van der Waals surface area contributed by atoms with Crippen LogP contribution in [0.3, 0.4) is 0 Å². The summed E-state index contributed by atoms with van der Waals surface area (Å²) in [6.07, 6.45) is 1.29. The first-order valence-electron chi connectivity index (χ1n) is 11.5. The van der Waals surface area contributed by atoms with E-state index in [1.165, 1.54) is 18.2 Å². The Kier molecular flexibility index (Phi) is 8.08. The van der Waals surface area contributed by atoms with E-state index in [4.69, 9.17) is 9.47 Å². The second-order valence-electron chi connectivity index (χ2n) is 8.32. The van der Waals surface area contributed by atoms with E-state index < -0.39 is 39.1 Å². The van der Waals surface area contributed by atoms with Crippen molar-refractivity contribution in [3.63, 3.8) is 0 Å². The lowest BCUT2D eigenvalue weighted by Crippen LogP contribution is -2.54. The van der Waals surface area contributed by atoms with Gasteiger partial charge in [0.25, 0.3) is 17.5 Å². The zero-order chi connectivity index (χ0) is 29.1. The second-order valence-corrected chi connectivity index (χ2v) is 9.49. The first-order valence-corrected chi connectivity index (χ1v) is 12.6. The van der Waals surface area contributed by atoms with Crippen LogP contribution in [0.15, 0.2) is 60.2 Å². The Morgan fingerprint density at radius 1 is 0.975 bits per heavy atom. The normalized spacial score (nSPS) is 14.2. The number of nitro benzene ring substituents is 2. The number of rotatable bonds is 8. The molecule has 14 heteroatoms. The molecule has 0 atom stereocenters. The van der Waals surface area contributed by atoms with Crippen LogP contribution in [0.2, 0.25) is 0 Å². The molecule has 4 rings (SSSR count). The number of urea groups is 1. The highest BCUT2D eigenvalue weighted by atomic mass is 127. The number of barbiturate groups is 1. The summed E-state index contributed by atoms with van der Waals surface area (Å²) in [5, 5.41) is 24.8. The van der Waals surface area contributed by atoms with Crippen molar-refractivity contribution in [1.82, 2.24) is 5.32 Å². The van der Waals surface area contributed by atoms with E-state index in [1.54, 1.807) is 31.2 Å². The number of ether oxygens (including phenoxy) is 2. The average Bonchev–Trinajstić information content (AvgIpc) is 2.89. The lowest BCUT2D eigenvalue weighted by Gasteiger charge is -2.26. The van der Waals surface area contributed by atoms with Gasteiger partial charge in [0.2, 0.25) is 5.75 Å². The van der Waals surface area contributed by atoms with Crippen molar-refractivity contribution in [1.29, 1.82) is 0 Å². The molecule has 1 heterocycles. The van der Waals surface area contributed by atoms with Crippen molar-refractivity contribution in [2.75, 3.05) is 11.5 Å². The second kappa shape index (κ2) is 11.5. The average molecular weight is 658 g/mol. The molecule has 0 bridgehead atoms. The highest BCUT2D eigenvalue weighted by Gasteiger charge is 2.37. The summed E-state index contributed by atoms with van der Waals surface area (Å²) in [5.41, 5.74) is 0.135. The summed E-state index contributed by atoms with van der Waals surface area (Å²) >= 11 is 1.89. The number of imide groups is 2. The van der Waals surface area contributed by atoms with Crippen molar-refractivity contribution in [2.24, 2.45) is 0 Å². The van der Waals surface area contributed by atoms with Gasteiger partial charge in [0.05, 0.1) is 31.8 Å². The van der Waals surface area contributed by atoms with Gasteiger partial charge in [0.1, 0.15) is 5.57 Å². The van der Waals surface area contributed by atoms with Gasteiger partial charge in [-0.05, 0) is 78.4 Å². The maximum atomic E-state index is 13.2. The molecule has 4 amide bonds. The standard InChI is InChI=1S/C26H19IN4O9/c1-3-39-22-12-15(10-18-24(32)28-26(34)29(25(18)33)16-6-4-14(2)5-7-16)11-19(27)23(22)40-21-9-8-17(30(35)36)13-20(21)31(37)38/h4-13H,3H2,1-2H3,(H,28,32,34)/b18-10+. The molecule has 0 aromatic heterocycles. The molecule has 1 aliphatic rings. The molecule has 40 heavy (non-hydrogen) atoms. The van der Waals surface area contributed by atoms with E-state index in [0.29, 0.717) is 9.13 Å². The fourth-order valence-corrected chi connectivity index (χ4v) is 4.48. The number of carbonyl (C=O) groups is 3. The minimum Gasteiger partial charge on any atom is -0.490 e. The maximum Gasteiger partial charge on any atom is 0.335 e. The zero-order valence-corrected chi connectivity index (χ0v) is 23.0. The molecule has 0 aliphatic carbocycles. The number of nitrogens with zero attached hydrogens (tertiary/aromatic N) is 3. The van der Waals surface area contributed by atoms with Gasteiger partial charge in [0, 0.05) is 6.07 Å². The first kappa shape index (κ1) is 28.2. The van der Waals surface area contributed by atoms with Crippen molar-refractivity contribution in [3.05, 3.63) is 95.1 Å². The number of aryl methyl sites for hydroxylation is 1. The number of halogens is 1. The van der Waals surface area contributed by atoms with Gasteiger partial charge in [-0.2, -0.15) is 0 Å². The molecule has 0 unspecified atom stereocenters. The summed E-state index contributed by atoms with van der Waals surface area (Å²) in [7, 11) is 0. The molecule has 1 N–H and O–H groups in total. The summed E-state index contributed by atoms with van der Waals surface area (Å²) < 4.78 is 11.8. The number of hydrogen-bond donors (Lipinski definition) is 1. The summed E-state index contributed by atoms with van der Waals surface area (Å²) in [5.74, 6) is -1.75. The van der Waals surface area contributed by atoms with Gasteiger partial charge in [-0.3, -0.25) is 35.1 Å². The first-order chi connectivity index (χ1) is 19.0. The Hall–Kier alpha value is -4.86. The van der Waals surface area contributed by atoms with Gasteiger partial charge in [-0.25, -0.2) is 9.69 Å². The van der Waals surface area contributed by atoms with Crippen molar-refractivity contribution >= 4 is 63.6 Å². The molecule has 0 spiro atoms. The molecular formula is C26H19IN4O9. The van der Waals surface area contributed by atoms with Crippen LogP contribution < -0.4 is 19.7 Å². The van der Waals surface area contributed by atoms with E-state index in [2.05, 4.69) is 5.32 Å². The maximum absolute atomic E-state index is 13.2. The molecule has 3 aromatic carbocycles. The van der Waals surface area contributed by atoms with Crippen LogP contribution in [0.1, 0.15) is 18.1 Å². The van der Waals surface area contributed by atoms with Crippen molar-refractivity contribution in [3.8, 4) is 17.2 Å². The van der Waals surface area contributed by atoms with Crippen LogP contribution in [-0.2, 0) is 9.59 Å². The van der Waals surface area contributed by atoms with Crippen LogP contribution in [0.25, 0.3) is 6.08 Å². The van der Waals surface area contributed by atoms with Gasteiger partial charge in [-0.1, -0.05) is 17.7 Å². The van der Waals surface area contributed by atoms with Gasteiger partial charge in [-0.15, -0.1) is 0 Å². The molecule has 1 saturated heterocycles. The number of nitro groups is 2. The van der Waals surface area contributed by atoms with Crippen molar-refractivity contribution < 1.29 is 33.7 Å². The van der Waals surface area contributed by atoms with Gasteiger partial charge in [0.15, 0.2) is 11.5 Å². The number of non-ortho nitro benzene ring substituents is 1. The third-order valence-corrected chi connectivity index (χ3v) is 6.40. The van der Waals surface area contributed by atoms with Crippen LogP contribution in [0.4, 0.5) is 21.9 Å². The smallest absolute Gasteiger partial charge is 0.335 e. The quantitative estimate of drug-likeness (QED) is 0.111. The lowest BCUT2D eigenvalue weighted by molar-refractivity contribution is -0.394. The summed E-state index contributed by atoms with van der Waals surface area (Å²) in [6.45, 7) is 3.71. The number of anilines is 1. The molecule has 204 valence electrons. The number of nitrogens with one attached hydrogen (secondary N) is 1. The fraction of sp³-hybridized carbons (Fsp3) is 0.115. The lowest BCUT2D eigenvalue weighted by atomic mass is 10.1. The number of carbonyl (C=O) groups excluding carboxylic acids is 3. The topological polar surface area (TPSA) is 171 Å². The predicted octanol–water partition coefficient (Wildman–Crippen LogP) is 5.27. The molecular weight excluding hydrogens is 639 g/mol. The molecule has 1 aliphatic heterocycles. The number of hydrogen-bond acceptors (Lipinski definition) is 9. The Balaban J connectivity index is 1.74. The minimum absolute atomic E-state index is 0.0810. The summed E-state index contributed by atoms with van der Waals surface area (Å²) in [4.78, 5) is 60.2. The summed E-state index contributed by atoms with van der Waals surface area (Å²) in [6, 6.07) is 11.7. The van der Waals surface area contributed by atoms with Crippen LogP contribution >= 0.6 is 22.6 Å². The third-order valence-electron chi connectivity index (χ3n) is 5.60. The SMILES string of the molecule is CCOc1cc(/C=C2\C(=O)NC(=O)N(c3ccc(C)cc3)C2=O)cc(I)c1Oc1ccc([N+](=O)[O-])cc1[N+](=O)[O-]. The molecule has 13 nitrogen and oxygen atoms in total. The van der Waals surface area contributed by atoms with Gasteiger partial charge >= 0.3 is 11.7 Å². The van der Waals surface area contributed by atoms with E-state index in [1.807, 2.05) is 29.5 Å². The Labute approximate surface area is 239 Å². The molecule has 0 saturated carbocycles. The predicted molar refractivity (Wildman–Crippen MR) is 150 cm³/mol. The number of amides is 4. The molecule has 1 fully saturated rings. The zero-order valence-electron chi connectivity index (χ0n) is 20.9. The monoisotopic (exact) mass is 658 g/mol. The van der Waals surface area contributed by atoms with Gasteiger partial charge < -0.3 is 9.47 Å². The van der Waals surface area contributed by atoms with E-state index in [-0.39, 0.29) is 35.1 Å². The third kappa shape index (κ3) is 5.75. The van der Waals surface area contributed by atoms with Crippen LogP contribution in [0.5, 0.6) is 17.2 Å². The van der Waals surface area contributed by atoms with E-state index >= 15 is 0 Å². The van der Waals surface area contributed by atoms with Crippen molar-refractivity contribution in [2.45, 2.75) is 13.8 Å². The highest BCUT2D eigenvalue weighted by Crippen LogP contribution is 2.41. The number of benzene rings is 3. The largest absolute Gasteiger partial charge is 0.490 e. The molecule has 0 radical (unpaired) electrons. The van der Waals surface area contributed by atoms with E-state index in [9.17, 15) is 34.6 Å². The van der Waals surface area contributed by atoms with E-state index in [0.717, 1.165) is 28.7 Å². The Bertz CT molecular complexity index is 1600.